The van der Waals surface area contributed by atoms with E-state index in [1.165, 1.54) is 30.6 Å². The van der Waals surface area contributed by atoms with Crippen LogP contribution in [-0.4, -0.2) is 44.0 Å². The van der Waals surface area contributed by atoms with Crippen LogP contribution in [0.2, 0.25) is 0 Å². The van der Waals surface area contributed by atoms with E-state index in [0.29, 0.717) is 0 Å². The molecule has 7 heteroatoms. The molecule has 0 saturated carbocycles. The van der Waals surface area contributed by atoms with Gasteiger partial charge in [0.25, 0.3) is 0 Å². The smallest absolute Gasteiger partial charge is 0.339 e. The van der Waals surface area contributed by atoms with Gasteiger partial charge in [-0.3, -0.25) is 0 Å². The van der Waals surface area contributed by atoms with Gasteiger partial charge in [0.05, 0.1) is 12.0 Å². The molecule has 0 bridgehead atoms. The maximum atomic E-state index is 12.5. The molecule has 0 heterocycles. The molecule has 0 spiro atoms. The van der Waals surface area contributed by atoms with Crippen molar-refractivity contribution in [1.29, 1.82) is 0 Å². The molecule has 0 aliphatic carbocycles. The Morgan fingerprint density at radius 3 is 2.52 bits per heavy atom. The van der Waals surface area contributed by atoms with E-state index < -0.39 is 16.0 Å². The number of methoxy groups -OCH3 is 1. The van der Waals surface area contributed by atoms with Crippen LogP contribution in [0, 0.1) is 0 Å². The summed E-state index contributed by atoms with van der Waals surface area (Å²) in [6.07, 6.45) is 1.60. The first-order valence-corrected chi connectivity index (χ1v) is 8.09. The minimum absolute atomic E-state index is 0.0499. The van der Waals surface area contributed by atoms with Crippen LogP contribution in [-0.2, 0) is 10.0 Å². The molecule has 0 radical (unpaired) electrons. The zero-order valence-corrected chi connectivity index (χ0v) is 13.5. The number of carboxylic acid groups (broad SMARTS) is 1. The summed E-state index contributed by atoms with van der Waals surface area (Å²) in [5, 5.41) is 9.13. The van der Waals surface area contributed by atoms with Crippen molar-refractivity contribution in [2.75, 3.05) is 14.2 Å². The molecule has 1 aromatic carbocycles. The molecule has 0 aliphatic rings. The molecule has 0 saturated heterocycles. The molecule has 0 amide bonds. The Bertz CT molecular complexity index is 612. The van der Waals surface area contributed by atoms with Crippen molar-refractivity contribution in [2.45, 2.75) is 37.6 Å². The van der Waals surface area contributed by atoms with Crippen molar-refractivity contribution >= 4 is 16.0 Å². The van der Waals surface area contributed by atoms with Crippen LogP contribution in [0.4, 0.5) is 0 Å². The lowest BCUT2D eigenvalue weighted by molar-refractivity contribution is 0.0693. The van der Waals surface area contributed by atoms with E-state index in [1.54, 1.807) is 0 Å². The monoisotopic (exact) mass is 315 g/mol. The van der Waals surface area contributed by atoms with Crippen molar-refractivity contribution in [3.63, 3.8) is 0 Å². The van der Waals surface area contributed by atoms with Crippen LogP contribution >= 0.6 is 0 Å². The van der Waals surface area contributed by atoms with Gasteiger partial charge in [-0.15, -0.1) is 0 Å². The van der Waals surface area contributed by atoms with E-state index >= 15 is 0 Å². The molecule has 1 aromatic rings. The highest BCUT2D eigenvalue weighted by molar-refractivity contribution is 7.89. The summed E-state index contributed by atoms with van der Waals surface area (Å²) in [7, 11) is -0.888. The fraction of sp³-hybridized carbons (Fsp3) is 0.500. The third kappa shape index (κ3) is 3.74. The summed E-state index contributed by atoms with van der Waals surface area (Å²) in [6.45, 7) is 3.80. The van der Waals surface area contributed by atoms with Gasteiger partial charge in [0.15, 0.2) is 0 Å². The van der Waals surface area contributed by atoms with Gasteiger partial charge in [0, 0.05) is 13.1 Å². The van der Waals surface area contributed by atoms with Crippen LogP contribution in [0.3, 0.4) is 0 Å². The predicted octanol–water partition coefficient (Wildman–Crippen LogP) is 2.20. The largest absolute Gasteiger partial charge is 0.496 e. The van der Waals surface area contributed by atoms with E-state index in [4.69, 9.17) is 9.84 Å². The van der Waals surface area contributed by atoms with Gasteiger partial charge in [-0.2, -0.15) is 4.31 Å². The second-order valence-corrected chi connectivity index (χ2v) is 6.82. The molecule has 0 fully saturated rings. The molecule has 0 aromatic heterocycles. The number of aromatic carboxylic acids is 1. The minimum Gasteiger partial charge on any atom is -0.496 e. The summed E-state index contributed by atoms with van der Waals surface area (Å²) in [4.78, 5) is 11.1. The summed E-state index contributed by atoms with van der Waals surface area (Å²) in [6, 6.07) is 3.69. The Morgan fingerprint density at radius 1 is 1.43 bits per heavy atom. The van der Waals surface area contributed by atoms with Gasteiger partial charge >= 0.3 is 5.97 Å². The minimum atomic E-state index is -3.73. The van der Waals surface area contributed by atoms with Gasteiger partial charge in [0.2, 0.25) is 10.0 Å². The van der Waals surface area contributed by atoms with Crippen molar-refractivity contribution in [2.24, 2.45) is 0 Å². The fourth-order valence-corrected chi connectivity index (χ4v) is 3.44. The Balaban J connectivity index is 3.26. The maximum Gasteiger partial charge on any atom is 0.339 e. The number of rotatable bonds is 7. The fourth-order valence-electron chi connectivity index (χ4n) is 2.02. The number of carboxylic acids is 1. The average Bonchev–Trinajstić information content (AvgIpc) is 2.45. The van der Waals surface area contributed by atoms with Crippen LogP contribution < -0.4 is 4.74 Å². The SMILES string of the molecule is CCCC(C)N(C)S(=O)(=O)c1ccc(OC)c(C(=O)O)c1. The number of hydrogen-bond donors (Lipinski definition) is 1. The second kappa shape index (κ2) is 6.91. The van der Waals surface area contributed by atoms with Crippen molar-refractivity contribution in [1.82, 2.24) is 4.31 Å². The van der Waals surface area contributed by atoms with Crippen molar-refractivity contribution in [3.8, 4) is 5.75 Å². The Hall–Kier alpha value is -1.60. The van der Waals surface area contributed by atoms with Gasteiger partial charge in [-0.1, -0.05) is 13.3 Å². The van der Waals surface area contributed by atoms with Gasteiger partial charge in [-0.05, 0) is 31.5 Å². The van der Waals surface area contributed by atoms with Crippen LogP contribution in [0.5, 0.6) is 5.75 Å². The van der Waals surface area contributed by atoms with E-state index in [-0.39, 0.29) is 22.3 Å². The van der Waals surface area contributed by atoms with Crippen LogP contribution in [0.15, 0.2) is 23.1 Å². The first kappa shape index (κ1) is 17.5. The van der Waals surface area contributed by atoms with Crippen LogP contribution in [0.25, 0.3) is 0 Å². The zero-order valence-electron chi connectivity index (χ0n) is 12.7. The van der Waals surface area contributed by atoms with Gasteiger partial charge in [0.1, 0.15) is 11.3 Å². The lowest BCUT2D eigenvalue weighted by atomic mass is 10.2. The molecule has 1 rings (SSSR count). The summed E-state index contributed by atoms with van der Waals surface area (Å²) >= 11 is 0. The first-order chi connectivity index (χ1) is 9.75. The molecule has 1 atom stereocenters. The molecule has 1 N–H and O–H groups in total. The second-order valence-electron chi connectivity index (χ2n) is 4.83. The standard InChI is InChI=1S/C14H21NO5S/c1-5-6-10(2)15(3)21(18,19)11-7-8-13(20-4)12(9-11)14(16)17/h7-10H,5-6H2,1-4H3,(H,16,17). The molecular formula is C14H21NO5S. The van der Waals surface area contributed by atoms with E-state index in [9.17, 15) is 13.2 Å². The highest BCUT2D eigenvalue weighted by atomic mass is 32.2. The summed E-state index contributed by atoms with van der Waals surface area (Å²) in [5.74, 6) is -1.10. The summed E-state index contributed by atoms with van der Waals surface area (Å²) in [5.41, 5.74) is -0.171. The summed E-state index contributed by atoms with van der Waals surface area (Å²) < 4.78 is 31.2. The topological polar surface area (TPSA) is 83.9 Å². The number of benzene rings is 1. The molecule has 1 unspecified atom stereocenters. The first-order valence-electron chi connectivity index (χ1n) is 6.65. The third-order valence-corrected chi connectivity index (χ3v) is 5.37. The number of nitrogens with zero attached hydrogens (tertiary/aromatic N) is 1. The number of sulfonamides is 1. The zero-order chi connectivity index (χ0) is 16.2. The quantitative estimate of drug-likeness (QED) is 0.834. The molecule has 118 valence electrons. The molecule has 0 aliphatic heterocycles. The average molecular weight is 315 g/mol. The lowest BCUT2D eigenvalue weighted by Crippen LogP contribution is -2.35. The molecule has 6 nitrogen and oxygen atoms in total. The Labute approximate surface area is 125 Å². The normalized spacial score (nSPS) is 13.2. The third-order valence-electron chi connectivity index (χ3n) is 3.41. The van der Waals surface area contributed by atoms with E-state index in [1.807, 2.05) is 13.8 Å². The Kier molecular flexibility index (Phi) is 5.74. The number of carbonyl (C=O) groups is 1. The molecular weight excluding hydrogens is 294 g/mol. The molecule has 21 heavy (non-hydrogen) atoms. The van der Waals surface area contributed by atoms with E-state index in [2.05, 4.69) is 0 Å². The highest BCUT2D eigenvalue weighted by Crippen LogP contribution is 2.25. The maximum absolute atomic E-state index is 12.5. The lowest BCUT2D eigenvalue weighted by Gasteiger charge is -2.24. The number of ether oxygens (including phenoxy) is 1. The van der Waals surface area contributed by atoms with Gasteiger partial charge < -0.3 is 9.84 Å². The number of hydrogen-bond acceptors (Lipinski definition) is 4. The van der Waals surface area contributed by atoms with E-state index in [0.717, 1.165) is 18.9 Å². The van der Waals surface area contributed by atoms with Crippen molar-refractivity contribution in [3.05, 3.63) is 23.8 Å². The van der Waals surface area contributed by atoms with Crippen molar-refractivity contribution < 1.29 is 23.1 Å². The van der Waals surface area contributed by atoms with Gasteiger partial charge in [-0.25, -0.2) is 13.2 Å². The highest BCUT2D eigenvalue weighted by Gasteiger charge is 2.26. The predicted molar refractivity (Wildman–Crippen MR) is 79.3 cm³/mol. The Morgan fingerprint density at radius 2 is 2.05 bits per heavy atom. The van der Waals surface area contributed by atoms with Crippen LogP contribution in [0.1, 0.15) is 37.0 Å².